The predicted octanol–water partition coefficient (Wildman–Crippen LogP) is 1.94. The van der Waals surface area contributed by atoms with E-state index < -0.39 is 36.9 Å². The second kappa shape index (κ2) is 6.46. The third kappa shape index (κ3) is 6.80. The van der Waals surface area contributed by atoms with Crippen LogP contribution in [0.2, 0.25) is 0 Å². The molecule has 7 heteroatoms. The summed E-state index contributed by atoms with van der Waals surface area (Å²) in [6.07, 6.45) is -5.89. The molecule has 1 amide bonds. The van der Waals surface area contributed by atoms with Gasteiger partial charge in [-0.25, -0.2) is 4.79 Å². The molecule has 0 aliphatic rings. The molecule has 0 radical (unpaired) electrons. The van der Waals surface area contributed by atoms with Gasteiger partial charge in [0.1, 0.15) is 6.04 Å². The van der Waals surface area contributed by atoms with Crippen LogP contribution < -0.4 is 5.32 Å². The summed E-state index contributed by atoms with van der Waals surface area (Å²) < 4.78 is 35.5. The molecule has 100 valence electrons. The van der Waals surface area contributed by atoms with Gasteiger partial charge in [-0.2, -0.15) is 13.2 Å². The number of amides is 1. The molecule has 0 unspecified atom stereocenters. The molecule has 0 aromatic carbocycles. The molecule has 0 saturated heterocycles. The van der Waals surface area contributed by atoms with E-state index >= 15 is 0 Å². The Labute approximate surface area is 97.2 Å². The largest absolute Gasteiger partial charge is 0.480 e. The minimum absolute atomic E-state index is 0.331. The molecule has 0 fully saturated rings. The van der Waals surface area contributed by atoms with Gasteiger partial charge in [-0.3, -0.25) is 4.79 Å². The van der Waals surface area contributed by atoms with Crippen LogP contribution in [0.4, 0.5) is 13.2 Å². The SMILES string of the molecule is CC[C@H](C)[C@H](NC(=O)CCC(F)(F)F)C(=O)O. The van der Waals surface area contributed by atoms with Gasteiger partial charge in [0.05, 0.1) is 6.42 Å². The van der Waals surface area contributed by atoms with Crippen molar-refractivity contribution in [3.63, 3.8) is 0 Å². The summed E-state index contributed by atoms with van der Waals surface area (Å²) in [6, 6.07) is -1.14. The van der Waals surface area contributed by atoms with Crippen LogP contribution in [0.25, 0.3) is 0 Å². The third-order valence-electron chi connectivity index (χ3n) is 2.43. The number of carbonyl (C=O) groups is 2. The standard InChI is InChI=1S/C10H16F3NO3/c1-3-6(2)8(9(16)17)14-7(15)4-5-10(11,12)13/h6,8H,3-5H2,1-2H3,(H,14,15)(H,16,17)/t6-,8-/m0/s1. The number of nitrogens with one attached hydrogen (secondary N) is 1. The molecule has 0 bridgehead atoms. The second-order valence-electron chi connectivity index (χ2n) is 3.88. The summed E-state index contributed by atoms with van der Waals surface area (Å²) in [6.45, 7) is 3.35. The number of carboxylic acids is 1. The monoisotopic (exact) mass is 255 g/mol. The lowest BCUT2D eigenvalue weighted by Crippen LogP contribution is -2.45. The Kier molecular flexibility index (Phi) is 5.98. The first-order chi connectivity index (χ1) is 7.67. The number of hydrogen-bond donors (Lipinski definition) is 2. The van der Waals surface area contributed by atoms with E-state index in [-0.39, 0.29) is 5.92 Å². The fraction of sp³-hybridized carbons (Fsp3) is 0.800. The number of carboxylic acid groups (broad SMARTS) is 1. The normalized spacial score (nSPS) is 15.1. The zero-order chi connectivity index (χ0) is 13.6. The fourth-order valence-corrected chi connectivity index (χ4v) is 1.18. The smallest absolute Gasteiger partial charge is 0.389 e. The van der Waals surface area contributed by atoms with Crippen molar-refractivity contribution in [3.8, 4) is 0 Å². The van der Waals surface area contributed by atoms with Gasteiger partial charge in [0.2, 0.25) is 5.91 Å². The van der Waals surface area contributed by atoms with Crippen molar-refractivity contribution in [1.82, 2.24) is 5.32 Å². The van der Waals surface area contributed by atoms with Crippen molar-refractivity contribution in [2.24, 2.45) is 5.92 Å². The first-order valence-corrected chi connectivity index (χ1v) is 5.26. The van der Waals surface area contributed by atoms with E-state index in [9.17, 15) is 22.8 Å². The number of aliphatic carboxylic acids is 1. The molecule has 0 aliphatic heterocycles. The highest BCUT2D eigenvalue weighted by atomic mass is 19.4. The van der Waals surface area contributed by atoms with E-state index in [0.29, 0.717) is 6.42 Å². The molecular formula is C10H16F3NO3. The molecular weight excluding hydrogens is 239 g/mol. The van der Waals surface area contributed by atoms with Crippen LogP contribution in [-0.4, -0.2) is 29.2 Å². The Morgan fingerprint density at radius 2 is 1.88 bits per heavy atom. The molecule has 2 atom stereocenters. The van der Waals surface area contributed by atoms with Gasteiger partial charge in [0.25, 0.3) is 0 Å². The molecule has 0 aromatic rings. The Hall–Kier alpha value is -1.27. The van der Waals surface area contributed by atoms with Crippen LogP contribution in [0.15, 0.2) is 0 Å². The summed E-state index contributed by atoms with van der Waals surface area (Å²) in [4.78, 5) is 22.0. The highest BCUT2D eigenvalue weighted by Crippen LogP contribution is 2.21. The highest BCUT2D eigenvalue weighted by Gasteiger charge is 2.30. The second-order valence-corrected chi connectivity index (χ2v) is 3.88. The van der Waals surface area contributed by atoms with E-state index in [1.807, 2.05) is 0 Å². The van der Waals surface area contributed by atoms with Crippen LogP contribution in [0.3, 0.4) is 0 Å². The zero-order valence-corrected chi connectivity index (χ0v) is 9.67. The maximum atomic E-state index is 11.8. The zero-order valence-electron chi connectivity index (χ0n) is 9.67. The summed E-state index contributed by atoms with van der Waals surface area (Å²) in [5, 5.41) is 10.9. The van der Waals surface area contributed by atoms with Crippen molar-refractivity contribution < 1.29 is 27.9 Å². The van der Waals surface area contributed by atoms with Gasteiger partial charge in [-0.15, -0.1) is 0 Å². The number of hydrogen-bond acceptors (Lipinski definition) is 2. The van der Waals surface area contributed by atoms with Gasteiger partial charge >= 0.3 is 12.1 Å². The molecule has 2 N–H and O–H groups in total. The van der Waals surface area contributed by atoms with Crippen molar-refractivity contribution in [2.45, 2.75) is 45.3 Å². The van der Waals surface area contributed by atoms with Gasteiger partial charge in [0.15, 0.2) is 0 Å². The quantitative estimate of drug-likeness (QED) is 0.762. The third-order valence-corrected chi connectivity index (χ3v) is 2.43. The topological polar surface area (TPSA) is 66.4 Å². The summed E-state index contributed by atoms with van der Waals surface area (Å²) >= 11 is 0. The van der Waals surface area contributed by atoms with E-state index in [1.165, 1.54) is 0 Å². The Bertz CT molecular complexity index is 278. The van der Waals surface area contributed by atoms with Crippen LogP contribution in [0.5, 0.6) is 0 Å². The van der Waals surface area contributed by atoms with Crippen molar-refractivity contribution in [2.75, 3.05) is 0 Å². The predicted molar refractivity (Wildman–Crippen MR) is 54.3 cm³/mol. The van der Waals surface area contributed by atoms with Crippen molar-refractivity contribution in [1.29, 1.82) is 0 Å². The Morgan fingerprint density at radius 3 is 2.24 bits per heavy atom. The molecule has 17 heavy (non-hydrogen) atoms. The Balaban J connectivity index is 4.28. The highest BCUT2D eigenvalue weighted by molar-refractivity contribution is 5.83. The van der Waals surface area contributed by atoms with E-state index in [0.717, 1.165) is 0 Å². The van der Waals surface area contributed by atoms with Crippen LogP contribution >= 0.6 is 0 Å². The van der Waals surface area contributed by atoms with Gasteiger partial charge in [-0.05, 0) is 5.92 Å². The first kappa shape index (κ1) is 15.7. The number of alkyl halides is 3. The number of rotatable bonds is 6. The number of carbonyl (C=O) groups excluding carboxylic acids is 1. The van der Waals surface area contributed by atoms with E-state index in [1.54, 1.807) is 13.8 Å². The fourth-order valence-electron chi connectivity index (χ4n) is 1.18. The molecule has 0 saturated carbocycles. The molecule has 4 nitrogen and oxygen atoms in total. The van der Waals surface area contributed by atoms with Crippen LogP contribution in [0.1, 0.15) is 33.1 Å². The minimum Gasteiger partial charge on any atom is -0.480 e. The minimum atomic E-state index is -4.41. The lowest BCUT2D eigenvalue weighted by atomic mass is 9.99. The maximum absolute atomic E-state index is 11.8. The van der Waals surface area contributed by atoms with Crippen LogP contribution in [-0.2, 0) is 9.59 Å². The van der Waals surface area contributed by atoms with Crippen molar-refractivity contribution in [3.05, 3.63) is 0 Å². The first-order valence-electron chi connectivity index (χ1n) is 5.26. The number of halogens is 3. The molecule has 0 spiro atoms. The average Bonchev–Trinajstić information content (AvgIpc) is 2.20. The van der Waals surface area contributed by atoms with Gasteiger partial charge in [-0.1, -0.05) is 20.3 Å². The average molecular weight is 255 g/mol. The van der Waals surface area contributed by atoms with Crippen molar-refractivity contribution >= 4 is 11.9 Å². The van der Waals surface area contributed by atoms with Gasteiger partial charge in [0, 0.05) is 6.42 Å². The lowest BCUT2D eigenvalue weighted by molar-refractivity contribution is -0.147. The maximum Gasteiger partial charge on any atom is 0.389 e. The van der Waals surface area contributed by atoms with Gasteiger partial charge < -0.3 is 10.4 Å². The lowest BCUT2D eigenvalue weighted by Gasteiger charge is -2.20. The molecule has 0 rings (SSSR count). The molecule has 0 aromatic heterocycles. The van der Waals surface area contributed by atoms with E-state index in [4.69, 9.17) is 5.11 Å². The summed E-state index contributed by atoms with van der Waals surface area (Å²) in [5.41, 5.74) is 0. The van der Waals surface area contributed by atoms with Crippen LogP contribution in [0, 0.1) is 5.92 Å². The Morgan fingerprint density at radius 1 is 1.35 bits per heavy atom. The summed E-state index contributed by atoms with van der Waals surface area (Å²) in [5.74, 6) is -2.46. The molecule has 0 aliphatic carbocycles. The summed E-state index contributed by atoms with van der Waals surface area (Å²) in [7, 11) is 0. The van der Waals surface area contributed by atoms with E-state index in [2.05, 4.69) is 5.32 Å². The molecule has 0 heterocycles.